The van der Waals surface area contributed by atoms with Crippen molar-refractivity contribution >= 4 is 23.4 Å². The summed E-state index contributed by atoms with van der Waals surface area (Å²) in [5, 5.41) is -0.158. The minimum atomic E-state index is -0.218. The molecule has 0 aliphatic carbocycles. The topological polar surface area (TPSA) is 37.4 Å². The van der Waals surface area contributed by atoms with E-state index in [2.05, 4.69) is 6.92 Å². The van der Waals surface area contributed by atoms with Crippen LogP contribution in [0.4, 0.5) is 0 Å². The number of alkyl halides is 1. The molecule has 4 heteroatoms. The molecule has 0 saturated carbocycles. The molecule has 0 aromatic heterocycles. The van der Waals surface area contributed by atoms with E-state index in [0.29, 0.717) is 17.7 Å². The Bertz CT molecular complexity index is 466. The lowest BCUT2D eigenvalue weighted by Crippen LogP contribution is -2.35. The normalized spacial score (nSPS) is 15.6. The Morgan fingerprint density at radius 2 is 1.65 bits per heavy atom. The Labute approximate surface area is 124 Å². The van der Waals surface area contributed by atoms with Crippen LogP contribution in [-0.2, 0) is 0 Å². The lowest BCUT2D eigenvalue weighted by atomic mass is 10.1. The van der Waals surface area contributed by atoms with Crippen molar-refractivity contribution in [3.63, 3.8) is 0 Å². The third kappa shape index (κ3) is 3.21. The van der Waals surface area contributed by atoms with Gasteiger partial charge < -0.3 is 0 Å². The van der Waals surface area contributed by atoms with E-state index in [1.807, 2.05) is 0 Å². The molecule has 0 saturated heterocycles. The fraction of sp³-hybridized carbons (Fsp3) is 0.500. The Balaban J connectivity index is 1.91. The van der Waals surface area contributed by atoms with Gasteiger partial charge in [0.05, 0.1) is 16.5 Å². The quantitative estimate of drug-likeness (QED) is 0.435. The van der Waals surface area contributed by atoms with Crippen LogP contribution in [0.1, 0.15) is 59.7 Å². The molecule has 1 unspecified atom stereocenters. The van der Waals surface area contributed by atoms with E-state index < -0.39 is 0 Å². The van der Waals surface area contributed by atoms with Crippen molar-refractivity contribution in [2.75, 3.05) is 6.54 Å². The van der Waals surface area contributed by atoms with Crippen LogP contribution in [0, 0.1) is 0 Å². The van der Waals surface area contributed by atoms with E-state index in [1.165, 1.54) is 17.7 Å². The third-order valence-corrected chi connectivity index (χ3v) is 3.99. The SMILES string of the molecule is CCCCCCC(Cl)CN1C(=O)c2ccccc2C1=O. The smallest absolute Gasteiger partial charge is 0.261 e. The van der Waals surface area contributed by atoms with Gasteiger partial charge in [0.2, 0.25) is 0 Å². The van der Waals surface area contributed by atoms with Crippen molar-refractivity contribution < 1.29 is 9.59 Å². The minimum Gasteiger partial charge on any atom is -0.273 e. The second kappa shape index (κ2) is 6.89. The molecule has 0 bridgehead atoms. The van der Waals surface area contributed by atoms with Crippen LogP contribution < -0.4 is 0 Å². The molecular formula is C16H20ClNO2. The lowest BCUT2D eigenvalue weighted by Gasteiger charge is -2.17. The number of hydrogen-bond acceptors (Lipinski definition) is 2. The zero-order chi connectivity index (χ0) is 14.5. The van der Waals surface area contributed by atoms with Crippen LogP contribution in [0.2, 0.25) is 0 Å². The lowest BCUT2D eigenvalue weighted by molar-refractivity contribution is 0.0653. The molecule has 0 fully saturated rings. The predicted octanol–water partition coefficient (Wildman–Crippen LogP) is 3.86. The van der Waals surface area contributed by atoms with Crippen LogP contribution in [0.3, 0.4) is 0 Å². The zero-order valence-corrected chi connectivity index (χ0v) is 12.5. The zero-order valence-electron chi connectivity index (χ0n) is 11.8. The standard InChI is InChI=1S/C16H20ClNO2/c1-2-3-4-5-8-12(17)11-18-15(19)13-9-6-7-10-14(13)16(18)20/h6-7,9-10,12H,2-5,8,11H2,1H3. The first-order chi connectivity index (χ1) is 9.65. The molecule has 1 aromatic rings. The average molecular weight is 294 g/mol. The van der Waals surface area contributed by atoms with Gasteiger partial charge in [0.1, 0.15) is 0 Å². The number of nitrogens with zero attached hydrogens (tertiary/aromatic N) is 1. The predicted molar refractivity (Wildman–Crippen MR) is 80.2 cm³/mol. The highest BCUT2D eigenvalue weighted by Crippen LogP contribution is 2.24. The molecule has 20 heavy (non-hydrogen) atoms. The number of amides is 2. The van der Waals surface area contributed by atoms with Gasteiger partial charge in [-0.05, 0) is 18.6 Å². The number of unbranched alkanes of at least 4 members (excludes halogenated alkanes) is 3. The highest BCUT2D eigenvalue weighted by molar-refractivity contribution is 6.23. The van der Waals surface area contributed by atoms with E-state index in [4.69, 9.17) is 11.6 Å². The molecule has 2 amide bonds. The minimum absolute atomic E-state index is 0.158. The molecule has 0 spiro atoms. The first-order valence-corrected chi connectivity index (χ1v) is 7.68. The van der Waals surface area contributed by atoms with E-state index in [9.17, 15) is 9.59 Å². The van der Waals surface area contributed by atoms with Gasteiger partial charge >= 0.3 is 0 Å². The van der Waals surface area contributed by atoms with Crippen LogP contribution in [0.25, 0.3) is 0 Å². The van der Waals surface area contributed by atoms with Crippen molar-refractivity contribution in [3.05, 3.63) is 35.4 Å². The number of imide groups is 1. The molecule has 0 N–H and O–H groups in total. The van der Waals surface area contributed by atoms with Crippen LogP contribution in [0.15, 0.2) is 24.3 Å². The van der Waals surface area contributed by atoms with Crippen molar-refractivity contribution in [2.45, 2.75) is 44.4 Å². The summed E-state index contributed by atoms with van der Waals surface area (Å²) in [6.45, 7) is 2.47. The van der Waals surface area contributed by atoms with Crippen molar-refractivity contribution in [2.24, 2.45) is 0 Å². The monoisotopic (exact) mass is 293 g/mol. The number of fused-ring (bicyclic) bond motifs is 1. The van der Waals surface area contributed by atoms with Crippen LogP contribution >= 0.6 is 11.6 Å². The number of carbonyl (C=O) groups is 2. The van der Waals surface area contributed by atoms with Gasteiger partial charge in [-0.15, -0.1) is 11.6 Å². The van der Waals surface area contributed by atoms with Gasteiger partial charge in [0, 0.05) is 6.54 Å². The van der Waals surface area contributed by atoms with E-state index in [-0.39, 0.29) is 17.2 Å². The summed E-state index contributed by atoms with van der Waals surface area (Å²) in [4.78, 5) is 25.6. The average Bonchev–Trinajstić information content (AvgIpc) is 2.69. The third-order valence-electron chi connectivity index (χ3n) is 3.63. The number of benzene rings is 1. The number of rotatable bonds is 7. The second-order valence-electron chi connectivity index (χ2n) is 5.21. The van der Waals surface area contributed by atoms with Crippen LogP contribution in [-0.4, -0.2) is 28.6 Å². The molecule has 0 radical (unpaired) electrons. The molecule has 1 aliphatic heterocycles. The maximum atomic E-state index is 12.2. The Kier molecular flexibility index (Phi) is 5.18. The number of carbonyl (C=O) groups excluding carboxylic acids is 2. The highest BCUT2D eigenvalue weighted by Gasteiger charge is 2.35. The van der Waals surface area contributed by atoms with Crippen molar-refractivity contribution in [1.29, 1.82) is 0 Å². The van der Waals surface area contributed by atoms with Gasteiger partial charge in [-0.2, -0.15) is 0 Å². The fourth-order valence-electron chi connectivity index (χ4n) is 2.49. The largest absolute Gasteiger partial charge is 0.273 e. The molecule has 108 valence electrons. The number of hydrogen-bond donors (Lipinski definition) is 0. The highest BCUT2D eigenvalue weighted by atomic mass is 35.5. The van der Waals surface area contributed by atoms with Crippen molar-refractivity contribution in [1.82, 2.24) is 4.90 Å². The summed E-state index contributed by atoms with van der Waals surface area (Å²) >= 11 is 6.27. The summed E-state index contributed by atoms with van der Waals surface area (Å²) in [5.41, 5.74) is 0.986. The maximum Gasteiger partial charge on any atom is 0.261 e. The Morgan fingerprint density at radius 3 is 2.20 bits per heavy atom. The summed E-state index contributed by atoms with van der Waals surface area (Å²) in [7, 11) is 0. The molecule has 1 aromatic carbocycles. The molecule has 2 rings (SSSR count). The van der Waals surface area contributed by atoms with E-state index in [1.54, 1.807) is 24.3 Å². The first-order valence-electron chi connectivity index (χ1n) is 7.24. The van der Waals surface area contributed by atoms with E-state index >= 15 is 0 Å². The summed E-state index contributed by atoms with van der Waals surface area (Å²) in [6.07, 6.45) is 5.43. The molecule has 1 aliphatic rings. The second-order valence-corrected chi connectivity index (χ2v) is 5.83. The van der Waals surface area contributed by atoms with Gasteiger partial charge in [-0.3, -0.25) is 14.5 Å². The van der Waals surface area contributed by atoms with Crippen molar-refractivity contribution in [3.8, 4) is 0 Å². The fourth-order valence-corrected chi connectivity index (χ4v) is 2.78. The Hall–Kier alpha value is -1.35. The Morgan fingerprint density at radius 1 is 1.05 bits per heavy atom. The first kappa shape index (κ1) is 15.0. The number of halogens is 1. The molecule has 1 atom stereocenters. The summed E-state index contributed by atoms with van der Waals surface area (Å²) in [5.74, 6) is -0.436. The van der Waals surface area contributed by atoms with Gasteiger partial charge in [-0.1, -0.05) is 44.7 Å². The molecule has 3 nitrogen and oxygen atoms in total. The molecule has 1 heterocycles. The van der Waals surface area contributed by atoms with Gasteiger partial charge in [-0.25, -0.2) is 0 Å². The van der Waals surface area contributed by atoms with Gasteiger partial charge in [0.25, 0.3) is 11.8 Å². The van der Waals surface area contributed by atoms with E-state index in [0.717, 1.165) is 19.3 Å². The summed E-state index contributed by atoms with van der Waals surface area (Å²) < 4.78 is 0. The van der Waals surface area contributed by atoms with Crippen LogP contribution in [0.5, 0.6) is 0 Å². The summed E-state index contributed by atoms with van der Waals surface area (Å²) in [6, 6.07) is 6.94. The molecular weight excluding hydrogens is 274 g/mol. The maximum absolute atomic E-state index is 12.2. The van der Waals surface area contributed by atoms with Gasteiger partial charge in [0.15, 0.2) is 0 Å².